The molecule has 1 aliphatic carbocycles. The van der Waals surface area contributed by atoms with Crippen LogP contribution in [-0.4, -0.2) is 31.2 Å². The molecule has 0 atom stereocenters. The molecule has 1 saturated carbocycles. The van der Waals surface area contributed by atoms with Crippen LogP contribution < -0.4 is 0 Å². The summed E-state index contributed by atoms with van der Waals surface area (Å²) >= 11 is 0. The van der Waals surface area contributed by atoms with Crippen LogP contribution in [-0.2, 0) is 6.54 Å². The van der Waals surface area contributed by atoms with Gasteiger partial charge in [0.15, 0.2) is 5.69 Å². The fourth-order valence-corrected chi connectivity index (χ4v) is 1.63. The summed E-state index contributed by atoms with van der Waals surface area (Å²) in [5.41, 5.74) is 0.407. The number of aromatic carboxylic acids is 1. The van der Waals surface area contributed by atoms with E-state index >= 15 is 0 Å². The predicted molar refractivity (Wildman–Crippen MR) is 55.2 cm³/mol. The third kappa shape index (κ3) is 1.91. The fraction of sp³-hybridized carbons (Fsp3) is 0.400. The molecule has 2 aromatic heterocycles. The monoisotopic (exact) mass is 234 g/mol. The van der Waals surface area contributed by atoms with Gasteiger partial charge in [0, 0.05) is 6.54 Å². The molecule has 3 rings (SSSR count). The first-order valence-corrected chi connectivity index (χ1v) is 5.32. The van der Waals surface area contributed by atoms with Crippen molar-refractivity contribution in [3.8, 4) is 11.5 Å². The van der Waals surface area contributed by atoms with Crippen LogP contribution in [0.15, 0.2) is 16.9 Å². The zero-order valence-corrected chi connectivity index (χ0v) is 8.91. The zero-order valence-electron chi connectivity index (χ0n) is 8.91. The molecule has 1 N–H and O–H groups in total. The molecule has 7 nitrogen and oxygen atoms in total. The molecule has 0 saturated heterocycles. The van der Waals surface area contributed by atoms with Crippen LogP contribution in [0, 0.1) is 5.92 Å². The van der Waals surface area contributed by atoms with Crippen LogP contribution in [0.25, 0.3) is 11.5 Å². The molecule has 7 heteroatoms. The van der Waals surface area contributed by atoms with Gasteiger partial charge in [0.25, 0.3) is 0 Å². The average molecular weight is 234 g/mol. The van der Waals surface area contributed by atoms with Gasteiger partial charge >= 0.3 is 5.97 Å². The summed E-state index contributed by atoms with van der Waals surface area (Å²) < 4.78 is 6.61. The molecule has 0 unspecified atom stereocenters. The quantitative estimate of drug-likeness (QED) is 0.849. The maximum Gasteiger partial charge on any atom is 0.341 e. The highest BCUT2D eigenvalue weighted by molar-refractivity contribution is 5.93. The van der Waals surface area contributed by atoms with Gasteiger partial charge in [0.1, 0.15) is 5.56 Å². The molecule has 0 radical (unpaired) electrons. The van der Waals surface area contributed by atoms with Crippen molar-refractivity contribution in [3.63, 3.8) is 0 Å². The highest BCUT2D eigenvalue weighted by Gasteiger charge is 2.24. The van der Waals surface area contributed by atoms with E-state index in [0.717, 1.165) is 12.7 Å². The van der Waals surface area contributed by atoms with E-state index in [9.17, 15) is 4.79 Å². The van der Waals surface area contributed by atoms with Crippen molar-refractivity contribution in [2.45, 2.75) is 19.4 Å². The minimum absolute atomic E-state index is 0.00321. The lowest BCUT2D eigenvalue weighted by Gasteiger charge is -1.94. The van der Waals surface area contributed by atoms with Crippen LogP contribution in [0.1, 0.15) is 23.2 Å². The predicted octanol–water partition coefficient (Wildman–Crippen LogP) is 1.04. The first-order valence-electron chi connectivity index (χ1n) is 5.32. The Morgan fingerprint density at radius 2 is 2.41 bits per heavy atom. The first-order chi connectivity index (χ1) is 8.24. The number of aromatic nitrogens is 4. The second-order valence-corrected chi connectivity index (χ2v) is 4.14. The molecule has 0 aliphatic heterocycles. The normalized spacial score (nSPS) is 15.1. The number of rotatable bonds is 4. The molecule has 1 fully saturated rings. The fourth-order valence-electron chi connectivity index (χ4n) is 1.63. The Bertz CT molecular complexity index is 555. The molecule has 2 aromatic rings. The van der Waals surface area contributed by atoms with E-state index in [4.69, 9.17) is 9.63 Å². The van der Waals surface area contributed by atoms with Gasteiger partial charge < -0.3 is 9.63 Å². The molecule has 17 heavy (non-hydrogen) atoms. The third-order valence-electron chi connectivity index (χ3n) is 2.71. The van der Waals surface area contributed by atoms with Crippen molar-refractivity contribution in [2.24, 2.45) is 5.92 Å². The van der Waals surface area contributed by atoms with Gasteiger partial charge in [-0.25, -0.2) is 4.79 Å². The van der Waals surface area contributed by atoms with Gasteiger partial charge in [-0.15, -0.1) is 5.10 Å². The molecular formula is C10H10N4O3. The standard InChI is InChI=1S/C10H10N4O3/c15-10(16)7-3-11-17-9(7)8-5-14(13-12-8)4-6-1-2-6/h3,5-6H,1-2,4H2,(H,15,16). The van der Waals surface area contributed by atoms with Crippen molar-refractivity contribution in [2.75, 3.05) is 0 Å². The van der Waals surface area contributed by atoms with E-state index in [1.807, 2.05) is 0 Å². The number of hydrogen-bond acceptors (Lipinski definition) is 5. The first kappa shape index (κ1) is 10.0. The molecule has 1 aliphatic rings. The Labute approximate surface area is 96.0 Å². The van der Waals surface area contributed by atoms with Crippen molar-refractivity contribution in [3.05, 3.63) is 18.0 Å². The molecule has 88 valence electrons. The van der Waals surface area contributed by atoms with Crippen molar-refractivity contribution >= 4 is 5.97 Å². The van der Waals surface area contributed by atoms with E-state index < -0.39 is 5.97 Å². The SMILES string of the molecule is O=C(O)c1cnoc1-c1cn(CC2CC2)nn1. The summed E-state index contributed by atoms with van der Waals surface area (Å²) in [4.78, 5) is 10.9. The minimum Gasteiger partial charge on any atom is -0.477 e. The van der Waals surface area contributed by atoms with Crippen molar-refractivity contribution in [1.82, 2.24) is 20.2 Å². The number of carboxylic acids is 1. The van der Waals surface area contributed by atoms with E-state index in [0.29, 0.717) is 11.6 Å². The number of carboxylic acid groups (broad SMARTS) is 1. The second kappa shape index (κ2) is 3.69. The van der Waals surface area contributed by atoms with Crippen LogP contribution in [0.5, 0.6) is 0 Å². The molecule has 0 spiro atoms. The highest BCUT2D eigenvalue weighted by atomic mass is 16.5. The Kier molecular flexibility index (Phi) is 2.17. The largest absolute Gasteiger partial charge is 0.477 e. The molecule has 0 aromatic carbocycles. The van der Waals surface area contributed by atoms with Gasteiger partial charge in [-0.2, -0.15) is 0 Å². The Morgan fingerprint density at radius 1 is 1.59 bits per heavy atom. The molecule has 0 bridgehead atoms. The molecular weight excluding hydrogens is 224 g/mol. The van der Waals surface area contributed by atoms with Gasteiger partial charge in [-0.3, -0.25) is 4.68 Å². The second-order valence-electron chi connectivity index (χ2n) is 4.14. The smallest absolute Gasteiger partial charge is 0.341 e. The summed E-state index contributed by atoms with van der Waals surface area (Å²) in [5.74, 6) is -0.254. The summed E-state index contributed by atoms with van der Waals surface area (Å²) in [7, 11) is 0. The highest BCUT2D eigenvalue weighted by Crippen LogP contribution is 2.30. The van der Waals surface area contributed by atoms with Crippen LogP contribution in [0.4, 0.5) is 0 Å². The zero-order chi connectivity index (χ0) is 11.8. The van der Waals surface area contributed by atoms with Crippen molar-refractivity contribution < 1.29 is 14.4 Å². The number of carbonyl (C=O) groups is 1. The van der Waals surface area contributed by atoms with E-state index in [2.05, 4.69) is 15.5 Å². The Morgan fingerprint density at radius 3 is 3.12 bits per heavy atom. The third-order valence-corrected chi connectivity index (χ3v) is 2.71. The van der Waals surface area contributed by atoms with Crippen LogP contribution in [0.2, 0.25) is 0 Å². The number of nitrogens with zero attached hydrogens (tertiary/aromatic N) is 4. The average Bonchev–Trinajstić information content (AvgIpc) is 2.82. The molecule has 0 amide bonds. The maximum absolute atomic E-state index is 10.9. The Hall–Kier alpha value is -2.18. The Balaban J connectivity index is 1.89. The van der Waals surface area contributed by atoms with Gasteiger partial charge in [0.05, 0.1) is 12.4 Å². The van der Waals surface area contributed by atoms with Crippen molar-refractivity contribution in [1.29, 1.82) is 0 Å². The topological polar surface area (TPSA) is 94.0 Å². The van der Waals surface area contributed by atoms with Crippen LogP contribution >= 0.6 is 0 Å². The maximum atomic E-state index is 10.9. The summed E-state index contributed by atoms with van der Waals surface area (Å²) in [6, 6.07) is 0. The van der Waals surface area contributed by atoms with E-state index in [1.165, 1.54) is 12.8 Å². The minimum atomic E-state index is -1.09. The van der Waals surface area contributed by atoms with E-state index in [-0.39, 0.29) is 11.3 Å². The lowest BCUT2D eigenvalue weighted by molar-refractivity contribution is 0.0697. The van der Waals surface area contributed by atoms with Gasteiger partial charge in [-0.1, -0.05) is 10.4 Å². The van der Waals surface area contributed by atoms with Gasteiger partial charge in [-0.05, 0) is 18.8 Å². The number of hydrogen-bond donors (Lipinski definition) is 1. The lowest BCUT2D eigenvalue weighted by Crippen LogP contribution is -1.99. The van der Waals surface area contributed by atoms with Crippen LogP contribution in [0.3, 0.4) is 0 Å². The molecule has 2 heterocycles. The summed E-state index contributed by atoms with van der Waals surface area (Å²) in [5, 5.41) is 20.2. The summed E-state index contributed by atoms with van der Waals surface area (Å²) in [6.07, 6.45) is 5.29. The lowest BCUT2D eigenvalue weighted by atomic mass is 10.2. The summed E-state index contributed by atoms with van der Waals surface area (Å²) in [6.45, 7) is 0.823. The van der Waals surface area contributed by atoms with E-state index in [1.54, 1.807) is 10.9 Å². The van der Waals surface area contributed by atoms with Gasteiger partial charge in [0.2, 0.25) is 5.76 Å².